The van der Waals surface area contributed by atoms with E-state index in [0.717, 1.165) is 0 Å². The van der Waals surface area contributed by atoms with Gasteiger partial charge in [-0.25, -0.2) is 13.1 Å². The van der Waals surface area contributed by atoms with Crippen LogP contribution >= 0.6 is 11.6 Å². The highest BCUT2D eigenvalue weighted by Gasteiger charge is 2.21. The summed E-state index contributed by atoms with van der Waals surface area (Å²) in [6.07, 6.45) is 0. The molecule has 0 bridgehead atoms. The minimum Gasteiger partial charge on any atom is -0.465 e. The van der Waals surface area contributed by atoms with Crippen LogP contribution in [0.4, 0.5) is 0 Å². The van der Waals surface area contributed by atoms with Crippen LogP contribution in [0.5, 0.6) is 0 Å². The van der Waals surface area contributed by atoms with Gasteiger partial charge in [0.15, 0.2) is 0 Å². The number of aliphatic hydroxyl groups excluding tert-OH is 1. The van der Waals surface area contributed by atoms with Crippen molar-refractivity contribution in [3.05, 3.63) is 52.4 Å². The molecule has 1 heterocycles. The molecule has 5 nitrogen and oxygen atoms in total. The molecule has 7 heteroatoms. The van der Waals surface area contributed by atoms with E-state index in [9.17, 15) is 8.42 Å². The summed E-state index contributed by atoms with van der Waals surface area (Å²) in [5, 5.41) is 9.26. The number of hydrogen-bond acceptors (Lipinski definition) is 4. The van der Waals surface area contributed by atoms with E-state index in [1.165, 1.54) is 18.2 Å². The summed E-state index contributed by atoms with van der Waals surface area (Å²) < 4.78 is 32.5. The maximum atomic E-state index is 12.3. The fourth-order valence-corrected chi connectivity index (χ4v) is 3.41. The van der Waals surface area contributed by atoms with Gasteiger partial charge in [0.05, 0.1) is 17.5 Å². The largest absolute Gasteiger partial charge is 0.465 e. The molecule has 0 aliphatic carbocycles. The van der Waals surface area contributed by atoms with Crippen molar-refractivity contribution < 1.29 is 17.9 Å². The van der Waals surface area contributed by atoms with Crippen LogP contribution in [0.15, 0.2) is 39.6 Å². The molecule has 21 heavy (non-hydrogen) atoms. The molecule has 1 aromatic carbocycles. The molecule has 0 saturated carbocycles. The number of rotatable bonds is 5. The van der Waals surface area contributed by atoms with Crippen molar-refractivity contribution in [3.8, 4) is 0 Å². The van der Waals surface area contributed by atoms with E-state index < -0.39 is 16.1 Å². The number of sulfonamides is 1. The number of aliphatic hydroxyl groups is 1. The standard InChI is InChI=1S/C14H16ClNO4S/c1-9-3-6-14(20-9)10(2)16-21(18,19)12-5-4-11(8-17)13(15)7-12/h3-7,10,16-17H,8H2,1-2H3. The van der Waals surface area contributed by atoms with Crippen molar-refractivity contribution in [1.29, 1.82) is 0 Å². The molecule has 0 radical (unpaired) electrons. The second-order valence-corrected chi connectivity index (χ2v) is 6.82. The number of aryl methyl sites for hydroxylation is 1. The summed E-state index contributed by atoms with van der Waals surface area (Å²) in [6.45, 7) is 3.24. The van der Waals surface area contributed by atoms with Crippen LogP contribution in [0, 0.1) is 6.92 Å². The molecule has 0 fully saturated rings. The zero-order valence-electron chi connectivity index (χ0n) is 11.6. The molecule has 0 aliphatic rings. The average Bonchev–Trinajstić information content (AvgIpc) is 2.85. The maximum Gasteiger partial charge on any atom is 0.241 e. The maximum absolute atomic E-state index is 12.3. The predicted octanol–water partition coefficient (Wildman–Crippen LogP) is 2.77. The van der Waals surface area contributed by atoms with E-state index in [0.29, 0.717) is 17.1 Å². The lowest BCUT2D eigenvalue weighted by molar-refractivity contribution is 0.282. The molecule has 1 atom stereocenters. The Labute approximate surface area is 128 Å². The van der Waals surface area contributed by atoms with Crippen molar-refractivity contribution in [2.45, 2.75) is 31.4 Å². The third-order valence-corrected chi connectivity index (χ3v) is 4.92. The summed E-state index contributed by atoms with van der Waals surface area (Å²) in [5.74, 6) is 1.25. The van der Waals surface area contributed by atoms with Crippen LogP contribution < -0.4 is 4.72 Å². The Morgan fingerprint density at radius 3 is 2.57 bits per heavy atom. The van der Waals surface area contributed by atoms with Gasteiger partial charge in [0, 0.05) is 5.02 Å². The smallest absolute Gasteiger partial charge is 0.241 e. The number of furan rings is 1. The lowest BCUT2D eigenvalue weighted by Crippen LogP contribution is -2.26. The lowest BCUT2D eigenvalue weighted by Gasteiger charge is -2.13. The molecule has 2 rings (SSSR count). The van der Waals surface area contributed by atoms with Gasteiger partial charge >= 0.3 is 0 Å². The molecule has 0 saturated heterocycles. The van der Waals surface area contributed by atoms with Gasteiger partial charge in [-0.1, -0.05) is 17.7 Å². The first-order chi connectivity index (χ1) is 9.83. The third-order valence-electron chi connectivity index (χ3n) is 3.03. The van der Waals surface area contributed by atoms with Crippen molar-refractivity contribution in [1.82, 2.24) is 4.72 Å². The van der Waals surface area contributed by atoms with Gasteiger partial charge in [0.2, 0.25) is 10.0 Å². The Balaban J connectivity index is 2.24. The molecule has 2 aromatic rings. The van der Waals surface area contributed by atoms with Gasteiger partial charge in [0.25, 0.3) is 0 Å². The van der Waals surface area contributed by atoms with Crippen molar-refractivity contribution in [2.75, 3.05) is 0 Å². The Kier molecular flexibility index (Phi) is 4.73. The molecule has 0 spiro atoms. The second-order valence-electron chi connectivity index (χ2n) is 4.70. The lowest BCUT2D eigenvalue weighted by atomic mass is 10.2. The molecule has 0 amide bonds. The zero-order chi connectivity index (χ0) is 15.6. The first kappa shape index (κ1) is 16.0. The van der Waals surface area contributed by atoms with Crippen molar-refractivity contribution in [2.24, 2.45) is 0 Å². The number of benzene rings is 1. The Hall–Kier alpha value is -1.34. The topological polar surface area (TPSA) is 79.5 Å². The summed E-state index contributed by atoms with van der Waals surface area (Å²) >= 11 is 5.92. The minimum atomic E-state index is -3.72. The van der Waals surface area contributed by atoms with Gasteiger partial charge in [-0.05, 0) is 43.7 Å². The van der Waals surface area contributed by atoms with Crippen LogP contribution in [-0.4, -0.2) is 13.5 Å². The van der Waals surface area contributed by atoms with Crippen LogP contribution in [-0.2, 0) is 16.6 Å². The zero-order valence-corrected chi connectivity index (χ0v) is 13.2. The summed E-state index contributed by atoms with van der Waals surface area (Å²) in [4.78, 5) is 0.0415. The highest BCUT2D eigenvalue weighted by Crippen LogP contribution is 2.23. The van der Waals surface area contributed by atoms with E-state index in [4.69, 9.17) is 21.1 Å². The highest BCUT2D eigenvalue weighted by atomic mass is 35.5. The Morgan fingerprint density at radius 1 is 1.33 bits per heavy atom. The molecular weight excluding hydrogens is 314 g/mol. The monoisotopic (exact) mass is 329 g/mol. The van der Waals surface area contributed by atoms with E-state index in [1.54, 1.807) is 26.0 Å². The van der Waals surface area contributed by atoms with Crippen LogP contribution in [0.25, 0.3) is 0 Å². The third kappa shape index (κ3) is 3.65. The van der Waals surface area contributed by atoms with Crippen molar-refractivity contribution >= 4 is 21.6 Å². The van der Waals surface area contributed by atoms with Crippen molar-refractivity contribution in [3.63, 3.8) is 0 Å². The van der Waals surface area contributed by atoms with E-state index in [1.807, 2.05) is 0 Å². The normalized spacial score (nSPS) is 13.3. The minimum absolute atomic E-state index is 0.0415. The van der Waals surface area contributed by atoms with Gasteiger partial charge in [0.1, 0.15) is 11.5 Å². The van der Waals surface area contributed by atoms with Gasteiger partial charge in [-0.2, -0.15) is 0 Å². The number of halogens is 1. The van der Waals surface area contributed by atoms with Crippen LogP contribution in [0.1, 0.15) is 30.0 Å². The molecule has 1 aromatic heterocycles. The fraction of sp³-hybridized carbons (Fsp3) is 0.286. The summed E-state index contributed by atoms with van der Waals surface area (Å²) in [5.41, 5.74) is 0.477. The number of nitrogens with one attached hydrogen (secondary N) is 1. The SMILES string of the molecule is Cc1ccc(C(C)NS(=O)(=O)c2ccc(CO)c(Cl)c2)o1. The molecule has 0 aliphatic heterocycles. The Morgan fingerprint density at radius 2 is 2.05 bits per heavy atom. The molecule has 2 N–H and O–H groups in total. The number of hydrogen-bond donors (Lipinski definition) is 2. The van der Waals surface area contributed by atoms with Gasteiger partial charge < -0.3 is 9.52 Å². The quantitative estimate of drug-likeness (QED) is 0.884. The van der Waals surface area contributed by atoms with Gasteiger partial charge in [-0.3, -0.25) is 0 Å². The fourth-order valence-electron chi connectivity index (χ4n) is 1.87. The molecule has 1 unspecified atom stereocenters. The summed E-state index contributed by atoms with van der Waals surface area (Å²) in [7, 11) is -3.72. The molecule has 114 valence electrons. The molecular formula is C14H16ClNO4S. The average molecular weight is 330 g/mol. The Bertz CT molecular complexity index is 739. The van der Waals surface area contributed by atoms with E-state index in [-0.39, 0.29) is 16.5 Å². The first-order valence-electron chi connectivity index (χ1n) is 6.31. The van der Waals surface area contributed by atoms with Gasteiger partial charge in [-0.15, -0.1) is 0 Å². The second kappa shape index (κ2) is 6.19. The summed E-state index contributed by atoms with van der Waals surface area (Å²) in [6, 6.07) is 7.20. The van der Waals surface area contributed by atoms with Crippen LogP contribution in [0.2, 0.25) is 5.02 Å². The first-order valence-corrected chi connectivity index (χ1v) is 8.17. The predicted molar refractivity (Wildman–Crippen MR) is 79.6 cm³/mol. The van der Waals surface area contributed by atoms with E-state index >= 15 is 0 Å². The van der Waals surface area contributed by atoms with Crippen LogP contribution in [0.3, 0.4) is 0 Å². The highest BCUT2D eigenvalue weighted by molar-refractivity contribution is 7.89. The van der Waals surface area contributed by atoms with E-state index in [2.05, 4.69) is 4.72 Å².